The van der Waals surface area contributed by atoms with Crippen molar-refractivity contribution in [3.05, 3.63) is 26.9 Å². The van der Waals surface area contributed by atoms with Gasteiger partial charge in [-0.15, -0.1) is 0 Å². The minimum Gasteiger partial charge on any atom is -0.393 e. The van der Waals surface area contributed by atoms with Crippen molar-refractivity contribution in [3.63, 3.8) is 0 Å². The van der Waals surface area contributed by atoms with Gasteiger partial charge in [-0.2, -0.15) is 0 Å². The number of nitrogens with one attached hydrogen (secondary N) is 1. The van der Waals surface area contributed by atoms with E-state index in [9.17, 15) is 15.2 Å². The Morgan fingerprint density at radius 2 is 2.29 bits per heavy atom. The maximum atomic E-state index is 10.5. The summed E-state index contributed by atoms with van der Waals surface area (Å²) in [7, 11) is 0. The van der Waals surface area contributed by atoms with Gasteiger partial charge in [-0.05, 0) is 36.2 Å². The molecule has 1 rings (SSSR count). The molecule has 0 saturated heterocycles. The first kappa shape index (κ1) is 13.9. The Balaban J connectivity index is 2.75. The Kier molecular flexibility index (Phi) is 4.83. The van der Waals surface area contributed by atoms with E-state index < -0.39 is 11.0 Å². The number of hydrogen-bond donors (Lipinski definition) is 2. The molecular weight excluding hydrogens is 290 g/mol. The molecule has 0 aliphatic carbocycles. The number of aliphatic hydroxyl groups is 1. The van der Waals surface area contributed by atoms with Gasteiger partial charge in [-0.1, -0.05) is 0 Å². The fraction of sp³-hybridized carbons (Fsp3) is 0.500. The fourth-order valence-electron chi connectivity index (χ4n) is 1.44. The maximum Gasteiger partial charge on any atom is 0.288 e. The third kappa shape index (κ3) is 4.27. The highest BCUT2D eigenvalue weighted by Crippen LogP contribution is 2.25. The third-order valence-electron chi connectivity index (χ3n) is 2.12. The first-order valence-corrected chi connectivity index (χ1v) is 5.94. The number of aliphatic hydroxyl groups excluding tert-OH is 1. The molecule has 0 aliphatic rings. The van der Waals surface area contributed by atoms with Crippen molar-refractivity contribution >= 4 is 27.4 Å². The van der Waals surface area contributed by atoms with Gasteiger partial charge in [0.1, 0.15) is 12.0 Å². The van der Waals surface area contributed by atoms with E-state index in [0.29, 0.717) is 16.7 Å². The summed E-state index contributed by atoms with van der Waals surface area (Å²) in [6.45, 7) is 3.61. The lowest BCUT2D eigenvalue weighted by atomic mass is 10.1. The van der Waals surface area contributed by atoms with Crippen molar-refractivity contribution in [2.24, 2.45) is 0 Å². The van der Waals surface area contributed by atoms with E-state index in [1.54, 1.807) is 6.92 Å². The molecule has 1 aromatic heterocycles. The van der Waals surface area contributed by atoms with E-state index in [1.165, 1.54) is 12.3 Å². The molecule has 0 aliphatic heterocycles. The molecule has 94 valence electrons. The molecule has 0 amide bonds. The second kappa shape index (κ2) is 5.92. The summed E-state index contributed by atoms with van der Waals surface area (Å²) in [5.41, 5.74) is -0.0643. The van der Waals surface area contributed by atoms with Crippen molar-refractivity contribution in [3.8, 4) is 0 Å². The smallest absolute Gasteiger partial charge is 0.288 e. The van der Waals surface area contributed by atoms with Crippen LogP contribution in [-0.2, 0) is 0 Å². The van der Waals surface area contributed by atoms with Gasteiger partial charge >= 0.3 is 0 Å². The van der Waals surface area contributed by atoms with Crippen molar-refractivity contribution in [1.29, 1.82) is 0 Å². The summed E-state index contributed by atoms with van der Waals surface area (Å²) in [6, 6.07) is 1.42. The Morgan fingerprint density at radius 3 is 2.76 bits per heavy atom. The molecule has 0 bridgehead atoms. The van der Waals surface area contributed by atoms with Gasteiger partial charge in [0.05, 0.1) is 15.5 Å². The van der Waals surface area contributed by atoms with Gasteiger partial charge in [0.25, 0.3) is 5.69 Å². The van der Waals surface area contributed by atoms with Gasteiger partial charge < -0.3 is 10.4 Å². The SMILES string of the molecule is CC(O)CC(C)Nc1ncc([N+](=O)[O-])cc1Br. The summed E-state index contributed by atoms with van der Waals surface area (Å²) in [5.74, 6) is 0.531. The number of halogens is 1. The van der Waals surface area contributed by atoms with E-state index in [1.807, 2.05) is 6.92 Å². The van der Waals surface area contributed by atoms with Crippen LogP contribution < -0.4 is 5.32 Å². The Bertz CT molecular complexity index is 412. The molecule has 0 fully saturated rings. The zero-order chi connectivity index (χ0) is 13.0. The average molecular weight is 304 g/mol. The lowest BCUT2D eigenvalue weighted by Gasteiger charge is -2.16. The normalized spacial score (nSPS) is 14.1. The van der Waals surface area contributed by atoms with Crippen LogP contribution in [0.3, 0.4) is 0 Å². The van der Waals surface area contributed by atoms with Crippen LogP contribution in [0.1, 0.15) is 20.3 Å². The summed E-state index contributed by atoms with van der Waals surface area (Å²) < 4.78 is 0.532. The van der Waals surface area contributed by atoms with Crippen LogP contribution >= 0.6 is 15.9 Å². The van der Waals surface area contributed by atoms with Crippen molar-refractivity contribution in [1.82, 2.24) is 4.98 Å². The third-order valence-corrected chi connectivity index (χ3v) is 2.72. The van der Waals surface area contributed by atoms with Crippen LogP contribution in [0.4, 0.5) is 11.5 Å². The van der Waals surface area contributed by atoms with Crippen LogP contribution in [0, 0.1) is 10.1 Å². The molecule has 1 aromatic rings. The van der Waals surface area contributed by atoms with Gasteiger partial charge in [-0.3, -0.25) is 10.1 Å². The molecule has 2 N–H and O–H groups in total. The highest BCUT2D eigenvalue weighted by Gasteiger charge is 2.13. The largest absolute Gasteiger partial charge is 0.393 e. The molecule has 2 unspecified atom stereocenters. The van der Waals surface area contributed by atoms with E-state index in [0.717, 1.165) is 0 Å². The zero-order valence-electron chi connectivity index (χ0n) is 9.55. The Labute approximate surface area is 107 Å². The molecule has 0 saturated carbocycles. The average Bonchev–Trinajstić information content (AvgIpc) is 2.19. The summed E-state index contributed by atoms with van der Waals surface area (Å²) >= 11 is 3.22. The predicted molar refractivity (Wildman–Crippen MR) is 68.0 cm³/mol. The number of hydrogen-bond acceptors (Lipinski definition) is 5. The van der Waals surface area contributed by atoms with E-state index in [2.05, 4.69) is 26.2 Å². The Morgan fingerprint density at radius 1 is 1.65 bits per heavy atom. The number of anilines is 1. The number of pyridine rings is 1. The van der Waals surface area contributed by atoms with Crippen molar-refractivity contribution in [2.75, 3.05) is 5.32 Å². The molecule has 6 nitrogen and oxygen atoms in total. The number of nitro groups is 1. The van der Waals surface area contributed by atoms with Crippen LogP contribution in [0.25, 0.3) is 0 Å². The van der Waals surface area contributed by atoms with E-state index in [-0.39, 0.29) is 11.7 Å². The van der Waals surface area contributed by atoms with Gasteiger partial charge in [-0.25, -0.2) is 4.98 Å². The molecular formula is C10H14BrN3O3. The molecule has 0 spiro atoms. The first-order valence-electron chi connectivity index (χ1n) is 5.14. The van der Waals surface area contributed by atoms with Crippen molar-refractivity contribution in [2.45, 2.75) is 32.4 Å². The predicted octanol–water partition coefficient (Wildman–Crippen LogP) is 2.32. The number of rotatable bonds is 5. The zero-order valence-corrected chi connectivity index (χ0v) is 11.1. The molecule has 7 heteroatoms. The topological polar surface area (TPSA) is 88.3 Å². The minimum atomic E-state index is -0.499. The monoisotopic (exact) mass is 303 g/mol. The maximum absolute atomic E-state index is 10.5. The molecule has 17 heavy (non-hydrogen) atoms. The summed E-state index contributed by atoms with van der Waals surface area (Å²) in [5, 5.41) is 22.8. The Hall–Kier alpha value is -1.21. The minimum absolute atomic E-state index is 0.0280. The lowest BCUT2D eigenvalue weighted by molar-refractivity contribution is -0.385. The van der Waals surface area contributed by atoms with Crippen LogP contribution in [0.15, 0.2) is 16.7 Å². The molecule has 0 aromatic carbocycles. The fourth-order valence-corrected chi connectivity index (χ4v) is 1.89. The molecule has 0 radical (unpaired) electrons. The van der Waals surface area contributed by atoms with Crippen LogP contribution in [0.2, 0.25) is 0 Å². The van der Waals surface area contributed by atoms with Gasteiger partial charge in [0.2, 0.25) is 0 Å². The van der Waals surface area contributed by atoms with Gasteiger partial charge in [0.15, 0.2) is 0 Å². The van der Waals surface area contributed by atoms with Gasteiger partial charge in [0, 0.05) is 12.1 Å². The molecule has 2 atom stereocenters. The lowest BCUT2D eigenvalue weighted by Crippen LogP contribution is -2.21. The number of nitrogens with zero attached hydrogens (tertiary/aromatic N) is 2. The summed E-state index contributed by atoms with van der Waals surface area (Å²) in [6.07, 6.45) is 1.36. The quantitative estimate of drug-likeness (QED) is 0.644. The second-order valence-corrected chi connectivity index (χ2v) is 4.77. The highest BCUT2D eigenvalue weighted by molar-refractivity contribution is 9.10. The highest BCUT2D eigenvalue weighted by atomic mass is 79.9. The van der Waals surface area contributed by atoms with E-state index in [4.69, 9.17) is 0 Å². The van der Waals surface area contributed by atoms with Crippen LogP contribution in [0.5, 0.6) is 0 Å². The van der Waals surface area contributed by atoms with E-state index >= 15 is 0 Å². The number of aromatic nitrogens is 1. The standard InChI is InChI=1S/C10H14BrN3O3/c1-6(3-7(2)15)13-10-9(11)4-8(5-12-10)14(16)17/h4-7,15H,3H2,1-2H3,(H,12,13). The van der Waals surface area contributed by atoms with Crippen molar-refractivity contribution < 1.29 is 10.0 Å². The second-order valence-electron chi connectivity index (χ2n) is 3.91. The summed E-state index contributed by atoms with van der Waals surface area (Å²) in [4.78, 5) is 14.0. The molecule has 1 heterocycles. The van der Waals surface area contributed by atoms with Crippen LogP contribution in [-0.4, -0.2) is 27.2 Å². The first-order chi connectivity index (χ1) is 7.90.